The minimum atomic E-state index is -1.27. The van der Waals surface area contributed by atoms with Gasteiger partial charge in [-0.3, -0.25) is 14.2 Å². The Hall–Kier alpha value is -2.18. The van der Waals surface area contributed by atoms with Gasteiger partial charge in [-0.05, 0) is 27.7 Å². The van der Waals surface area contributed by atoms with Gasteiger partial charge in [0.15, 0.2) is 0 Å². The molecule has 0 aliphatic rings. The molecule has 0 fully saturated rings. The molecule has 0 atom stereocenters. The minimum absolute atomic E-state index is 0.264. The number of hydrogen-bond donors (Lipinski definition) is 2. The monoisotopic (exact) mass is 267 g/mol. The first-order chi connectivity index (χ1) is 8.59. The van der Waals surface area contributed by atoms with Gasteiger partial charge in [-0.15, -0.1) is 0 Å². The highest BCUT2D eigenvalue weighted by Gasteiger charge is 2.31. The van der Waals surface area contributed by atoms with Crippen molar-refractivity contribution in [1.82, 2.24) is 9.55 Å². The maximum Gasteiger partial charge on any atom is 0.348 e. The van der Waals surface area contributed by atoms with Crippen molar-refractivity contribution >= 4 is 11.9 Å². The molecule has 0 aliphatic carbocycles. The number of carbonyl (C=O) groups excluding carboxylic acids is 1. The van der Waals surface area contributed by atoms with E-state index in [1.807, 2.05) is 0 Å². The molecule has 7 nitrogen and oxygen atoms in total. The van der Waals surface area contributed by atoms with Gasteiger partial charge in [0.1, 0.15) is 5.54 Å². The van der Waals surface area contributed by atoms with Crippen molar-refractivity contribution in [2.75, 3.05) is 0 Å². The number of aryl methyl sites for hydroxylation is 1. The van der Waals surface area contributed by atoms with Gasteiger partial charge >= 0.3 is 11.7 Å². The second kappa shape index (κ2) is 4.83. The number of primary amides is 1. The van der Waals surface area contributed by atoms with Crippen molar-refractivity contribution in [2.45, 2.75) is 39.7 Å². The van der Waals surface area contributed by atoms with Crippen LogP contribution in [-0.4, -0.2) is 26.5 Å². The van der Waals surface area contributed by atoms with E-state index in [1.165, 1.54) is 13.8 Å². The summed E-state index contributed by atoms with van der Waals surface area (Å²) in [4.78, 5) is 38.0. The van der Waals surface area contributed by atoms with E-state index in [1.54, 1.807) is 13.8 Å². The van der Waals surface area contributed by atoms with Crippen molar-refractivity contribution in [3.05, 3.63) is 27.4 Å². The molecule has 0 radical (unpaired) electrons. The number of carboxylic acid groups (broad SMARTS) is 1. The van der Waals surface area contributed by atoms with Crippen LogP contribution in [0.1, 0.15) is 30.8 Å². The van der Waals surface area contributed by atoms with E-state index >= 15 is 0 Å². The topological polar surface area (TPSA) is 115 Å². The average Bonchev–Trinajstić information content (AvgIpc) is 2.22. The number of nitrogens with two attached hydrogens (primary N) is 1. The molecule has 0 unspecified atom stereocenters. The van der Waals surface area contributed by atoms with Crippen LogP contribution in [0.5, 0.6) is 0 Å². The molecular formula is C12H17N3O4. The molecule has 19 heavy (non-hydrogen) atoms. The van der Waals surface area contributed by atoms with Crippen molar-refractivity contribution in [1.29, 1.82) is 0 Å². The fourth-order valence-electron chi connectivity index (χ4n) is 1.98. The number of amides is 1. The highest BCUT2D eigenvalue weighted by Crippen LogP contribution is 2.18. The van der Waals surface area contributed by atoms with Gasteiger partial charge in [-0.2, -0.15) is 4.98 Å². The van der Waals surface area contributed by atoms with Gasteiger partial charge in [0.2, 0.25) is 5.91 Å². The van der Waals surface area contributed by atoms with Crippen molar-refractivity contribution in [3.8, 4) is 0 Å². The molecule has 0 spiro atoms. The maximum atomic E-state index is 11.9. The number of carboxylic acids is 1. The molecule has 0 saturated carbocycles. The molecule has 1 aromatic rings. The van der Waals surface area contributed by atoms with Gasteiger partial charge < -0.3 is 10.8 Å². The highest BCUT2D eigenvalue weighted by atomic mass is 16.4. The Kier molecular flexibility index (Phi) is 3.78. The lowest BCUT2D eigenvalue weighted by molar-refractivity contribution is -0.136. The Morgan fingerprint density at radius 3 is 2.32 bits per heavy atom. The third-order valence-corrected chi connectivity index (χ3v) is 3.15. The molecule has 0 saturated heterocycles. The normalized spacial score (nSPS) is 11.4. The molecule has 1 heterocycles. The second-order valence-corrected chi connectivity index (χ2v) is 4.87. The number of hydrogen-bond acceptors (Lipinski definition) is 4. The van der Waals surface area contributed by atoms with Crippen LogP contribution < -0.4 is 11.4 Å². The number of rotatable bonds is 4. The summed E-state index contributed by atoms with van der Waals surface area (Å²) in [6.07, 6.45) is -0.264. The van der Waals surface area contributed by atoms with Crippen LogP contribution in [-0.2, 0) is 21.5 Å². The summed E-state index contributed by atoms with van der Waals surface area (Å²) in [6, 6.07) is 0. The Labute approximate surface area is 110 Å². The molecule has 0 aromatic carbocycles. The van der Waals surface area contributed by atoms with E-state index in [2.05, 4.69) is 4.98 Å². The molecule has 104 valence electrons. The Morgan fingerprint density at radius 1 is 1.37 bits per heavy atom. The molecule has 1 aromatic heterocycles. The van der Waals surface area contributed by atoms with Crippen LogP contribution in [0.25, 0.3) is 0 Å². The lowest BCUT2D eigenvalue weighted by Crippen LogP contribution is -2.48. The number of nitrogens with zero attached hydrogens (tertiary/aromatic N) is 2. The molecule has 0 bridgehead atoms. The average molecular weight is 267 g/mol. The molecule has 3 N–H and O–H groups in total. The number of aliphatic carboxylic acids is 1. The summed E-state index contributed by atoms with van der Waals surface area (Å²) in [5, 5.41) is 8.88. The summed E-state index contributed by atoms with van der Waals surface area (Å²) in [7, 11) is 0. The van der Waals surface area contributed by atoms with Crippen LogP contribution >= 0.6 is 0 Å². The summed E-state index contributed by atoms with van der Waals surface area (Å²) >= 11 is 0. The van der Waals surface area contributed by atoms with Crippen LogP contribution in [0.2, 0.25) is 0 Å². The van der Waals surface area contributed by atoms with E-state index in [-0.39, 0.29) is 6.42 Å². The van der Waals surface area contributed by atoms with E-state index < -0.39 is 23.1 Å². The summed E-state index contributed by atoms with van der Waals surface area (Å²) < 4.78 is 1.14. The van der Waals surface area contributed by atoms with E-state index in [4.69, 9.17) is 10.8 Å². The van der Waals surface area contributed by atoms with Crippen molar-refractivity contribution < 1.29 is 14.7 Å². The Balaban J connectivity index is 3.63. The molecule has 7 heteroatoms. The zero-order valence-corrected chi connectivity index (χ0v) is 11.4. The van der Waals surface area contributed by atoms with Gasteiger partial charge in [0.05, 0.1) is 6.42 Å². The summed E-state index contributed by atoms with van der Waals surface area (Å²) in [5.74, 6) is -1.72. The first-order valence-electron chi connectivity index (χ1n) is 5.70. The largest absolute Gasteiger partial charge is 0.481 e. The standard InChI is InChI=1S/C12H17N3O4/c1-6-8(5-9(16)17)7(2)15(11(19)14-6)12(3,4)10(13)18/h5H2,1-4H3,(H2,13,18)(H,16,17). The molecule has 1 rings (SSSR count). The predicted molar refractivity (Wildman–Crippen MR) is 67.8 cm³/mol. The van der Waals surface area contributed by atoms with Crippen LogP contribution in [0.4, 0.5) is 0 Å². The second-order valence-electron chi connectivity index (χ2n) is 4.87. The molecule has 1 amide bonds. The highest BCUT2D eigenvalue weighted by molar-refractivity contribution is 5.82. The lowest BCUT2D eigenvalue weighted by Gasteiger charge is -2.27. The fourth-order valence-corrected chi connectivity index (χ4v) is 1.98. The predicted octanol–water partition coefficient (Wildman–Crippen LogP) is -0.292. The smallest absolute Gasteiger partial charge is 0.348 e. The van der Waals surface area contributed by atoms with Gasteiger partial charge in [0.25, 0.3) is 0 Å². The van der Waals surface area contributed by atoms with Gasteiger partial charge in [-0.1, -0.05) is 0 Å². The zero-order valence-electron chi connectivity index (χ0n) is 11.4. The van der Waals surface area contributed by atoms with E-state index in [9.17, 15) is 14.4 Å². The SMILES string of the molecule is Cc1nc(=O)n(C(C)(C)C(N)=O)c(C)c1CC(=O)O. The first kappa shape index (κ1) is 14.9. The quantitative estimate of drug-likeness (QED) is 0.777. The third kappa shape index (κ3) is 2.64. The molecular weight excluding hydrogens is 250 g/mol. The summed E-state index contributed by atoms with van der Waals surface area (Å²) in [6.45, 7) is 6.13. The van der Waals surface area contributed by atoms with E-state index in [0.717, 1.165) is 4.57 Å². The van der Waals surface area contributed by atoms with Crippen LogP contribution in [0, 0.1) is 13.8 Å². The molecule has 0 aliphatic heterocycles. The van der Waals surface area contributed by atoms with Crippen LogP contribution in [0.15, 0.2) is 4.79 Å². The zero-order chi connectivity index (χ0) is 15.0. The van der Waals surface area contributed by atoms with E-state index in [0.29, 0.717) is 17.0 Å². The summed E-state index contributed by atoms with van der Waals surface area (Å²) in [5.41, 5.74) is 4.56. The minimum Gasteiger partial charge on any atom is -0.481 e. The van der Waals surface area contributed by atoms with Crippen molar-refractivity contribution in [3.63, 3.8) is 0 Å². The fraction of sp³-hybridized carbons (Fsp3) is 0.500. The van der Waals surface area contributed by atoms with Gasteiger partial charge in [0, 0.05) is 17.0 Å². The van der Waals surface area contributed by atoms with Crippen LogP contribution in [0.3, 0.4) is 0 Å². The van der Waals surface area contributed by atoms with Crippen molar-refractivity contribution in [2.24, 2.45) is 5.73 Å². The Morgan fingerprint density at radius 2 is 1.89 bits per heavy atom. The lowest BCUT2D eigenvalue weighted by atomic mass is 10.0. The maximum absolute atomic E-state index is 11.9. The van der Waals surface area contributed by atoms with Gasteiger partial charge in [-0.25, -0.2) is 4.79 Å². The Bertz CT molecular complexity index is 602. The first-order valence-corrected chi connectivity index (χ1v) is 5.70. The number of aromatic nitrogens is 2. The number of carbonyl (C=O) groups is 2. The third-order valence-electron chi connectivity index (χ3n) is 3.15.